The molecule has 1 saturated heterocycles. The van der Waals surface area contributed by atoms with Crippen molar-refractivity contribution in [3.63, 3.8) is 0 Å². The van der Waals surface area contributed by atoms with Crippen LogP contribution in [-0.4, -0.2) is 61.7 Å². The van der Waals surface area contributed by atoms with Gasteiger partial charge in [0.2, 0.25) is 0 Å². The number of amides is 2. The van der Waals surface area contributed by atoms with E-state index in [-0.39, 0.29) is 6.03 Å². The van der Waals surface area contributed by atoms with E-state index in [1.807, 2.05) is 11.8 Å². The summed E-state index contributed by atoms with van der Waals surface area (Å²) in [5.74, 6) is 0. The first-order valence-corrected chi connectivity index (χ1v) is 10.5. The van der Waals surface area contributed by atoms with Crippen LogP contribution in [0.25, 0.3) is 0 Å². The Labute approximate surface area is 165 Å². The van der Waals surface area contributed by atoms with Gasteiger partial charge in [-0.15, -0.1) is 11.3 Å². The number of urea groups is 1. The number of benzene rings is 1. The molecular formula is C20H29N5OS. The zero-order valence-electron chi connectivity index (χ0n) is 16.4. The topological polar surface area (TPSA) is 51.7 Å². The fourth-order valence-electron chi connectivity index (χ4n) is 3.36. The molecule has 0 spiro atoms. The second-order valence-corrected chi connectivity index (χ2v) is 7.68. The number of aromatic nitrogens is 1. The summed E-state index contributed by atoms with van der Waals surface area (Å²) in [6.45, 7) is 11.8. The minimum absolute atomic E-state index is 0.0332. The molecular weight excluding hydrogens is 358 g/mol. The van der Waals surface area contributed by atoms with Crippen molar-refractivity contribution in [1.29, 1.82) is 0 Å². The van der Waals surface area contributed by atoms with Gasteiger partial charge in [0.1, 0.15) is 0 Å². The van der Waals surface area contributed by atoms with E-state index >= 15 is 0 Å². The van der Waals surface area contributed by atoms with Crippen molar-refractivity contribution in [3.05, 3.63) is 40.9 Å². The summed E-state index contributed by atoms with van der Waals surface area (Å²) in [6, 6.07) is 8.42. The Kier molecular flexibility index (Phi) is 6.55. The van der Waals surface area contributed by atoms with Crippen LogP contribution in [0.2, 0.25) is 0 Å². The monoisotopic (exact) mass is 387 g/mol. The van der Waals surface area contributed by atoms with Crippen LogP contribution in [-0.2, 0) is 0 Å². The lowest BCUT2D eigenvalue weighted by atomic mass is 10.2. The molecule has 6 nitrogen and oxygen atoms in total. The Morgan fingerprint density at radius 2 is 1.96 bits per heavy atom. The van der Waals surface area contributed by atoms with Crippen LogP contribution in [0.5, 0.6) is 0 Å². The van der Waals surface area contributed by atoms with Gasteiger partial charge in [-0.25, -0.2) is 9.78 Å². The molecule has 2 aromatic rings. The molecule has 1 aliphatic heterocycles. The van der Waals surface area contributed by atoms with E-state index in [4.69, 9.17) is 0 Å². The Bertz CT molecular complexity index is 754. The number of hydrogen-bond donors (Lipinski definition) is 1. The highest BCUT2D eigenvalue weighted by atomic mass is 32.1. The molecule has 1 fully saturated rings. The predicted octanol–water partition coefficient (Wildman–Crippen LogP) is 3.12. The van der Waals surface area contributed by atoms with Crippen molar-refractivity contribution in [2.45, 2.75) is 20.8 Å². The number of hydrogen-bond acceptors (Lipinski definition) is 5. The number of nitrogens with one attached hydrogen (secondary N) is 1. The van der Waals surface area contributed by atoms with Crippen LogP contribution in [0, 0.1) is 13.8 Å². The predicted molar refractivity (Wildman–Crippen MR) is 113 cm³/mol. The largest absolute Gasteiger partial charge is 0.370 e. The van der Waals surface area contributed by atoms with E-state index in [0.717, 1.165) is 50.1 Å². The molecule has 3 rings (SSSR count). The molecule has 0 saturated carbocycles. The van der Waals surface area contributed by atoms with Gasteiger partial charge < -0.3 is 20.0 Å². The average Bonchev–Trinajstić information content (AvgIpc) is 3.12. The van der Waals surface area contributed by atoms with Gasteiger partial charge in [0, 0.05) is 56.9 Å². The van der Waals surface area contributed by atoms with E-state index in [1.165, 1.54) is 11.3 Å². The van der Waals surface area contributed by atoms with Gasteiger partial charge in [-0.1, -0.05) is 18.2 Å². The fraction of sp³-hybridized carbons (Fsp3) is 0.500. The molecule has 2 amide bonds. The third kappa shape index (κ3) is 4.91. The van der Waals surface area contributed by atoms with Gasteiger partial charge in [0.05, 0.1) is 5.69 Å². The van der Waals surface area contributed by atoms with Gasteiger partial charge in [-0.05, 0) is 32.4 Å². The standard InChI is InChI=1S/C20H29N5OS/c1-4-23(18-8-6-5-7-16(18)2)10-9-21-19(26)24-11-13-25(14-12-24)20-22-17(3)15-27-20/h5-8,15H,4,9-14H2,1-3H3,(H,21,26). The minimum Gasteiger partial charge on any atom is -0.370 e. The van der Waals surface area contributed by atoms with Crippen molar-refractivity contribution in [1.82, 2.24) is 15.2 Å². The van der Waals surface area contributed by atoms with E-state index in [1.54, 1.807) is 11.3 Å². The molecule has 1 aliphatic rings. The van der Waals surface area contributed by atoms with Gasteiger partial charge in [-0.3, -0.25) is 0 Å². The van der Waals surface area contributed by atoms with Crippen LogP contribution in [0.3, 0.4) is 0 Å². The maximum atomic E-state index is 12.5. The van der Waals surface area contributed by atoms with Crippen LogP contribution < -0.4 is 15.1 Å². The zero-order valence-corrected chi connectivity index (χ0v) is 17.3. The summed E-state index contributed by atoms with van der Waals surface area (Å²) in [5.41, 5.74) is 3.56. The summed E-state index contributed by atoms with van der Waals surface area (Å²) in [6.07, 6.45) is 0. The fourth-order valence-corrected chi connectivity index (χ4v) is 4.22. The zero-order chi connectivity index (χ0) is 19.2. The molecule has 2 heterocycles. The normalized spacial score (nSPS) is 14.3. The van der Waals surface area contributed by atoms with E-state index in [9.17, 15) is 4.79 Å². The Balaban J connectivity index is 1.44. The third-order valence-electron chi connectivity index (χ3n) is 4.94. The smallest absolute Gasteiger partial charge is 0.317 e. The Hall–Kier alpha value is -2.28. The van der Waals surface area contributed by atoms with Gasteiger partial charge >= 0.3 is 6.03 Å². The van der Waals surface area contributed by atoms with Crippen LogP contribution >= 0.6 is 11.3 Å². The molecule has 146 valence electrons. The van der Waals surface area contributed by atoms with Crippen molar-refractivity contribution in [2.24, 2.45) is 0 Å². The molecule has 0 unspecified atom stereocenters. The average molecular weight is 388 g/mol. The summed E-state index contributed by atoms with van der Waals surface area (Å²) in [7, 11) is 0. The number of likely N-dealkylation sites (N-methyl/N-ethyl adjacent to an activating group) is 1. The second-order valence-electron chi connectivity index (χ2n) is 6.84. The van der Waals surface area contributed by atoms with Crippen molar-refractivity contribution in [2.75, 3.05) is 55.6 Å². The lowest BCUT2D eigenvalue weighted by molar-refractivity contribution is 0.194. The van der Waals surface area contributed by atoms with Crippen molar-refractivity contribution in [3.8, 4) is 0 Å². The number of carbonyl (C=O) groups is 1. The number of thiazole rings is 1. The van der Waals surface area contributed by atoms with E-state index < -0.39 is 0 Å². The first kappa shape index (κ1) is 19.5. The first-order chi connectivity index (χ1) is 13.1. The maximum Gasteiger partial charge on any atom is 0.317 e. The Morgan fingerprint density at radius 1 is 1.22 bits per heavy atom. The van der Waals surface area contributed by atoms with E-state index in [0.29, 0.717) is 6.54 Å². The molecule has 1 aromatic heterocycles. The number of rotatable bonds is 6. The quantitative estimate of drug-likeness (QED) is 0.827. The molecule has 1 aromatic carbocycles. The highest BCUT2D eigenvalue weighted by Gasteiger charge is 2.22. The minimum atomic E-state index is 0.0332. The summed E-state index contributed by atoms with van der Waals surface area (Å²) in [4.78, 5) is 23.5. The molecule has 0 atom stereocenters. The van der Waals surface area contributed by atoms with Gasteiger partial charge in [-0.2, -0.15) is 0 Å². The molecule has 0 bridgehead atoms. The number of piperazine rings is 1. The Morgan fingerprint density at radius 3 is 2.59 bits per heavy atom. The molecule has 0 radical (unpaired) electrons. The number of anilines is 2. The number of aryl methyl sites for hydroxylation is 2. The lowest BCUT2D eigenvalue weighted by Crippen LogP contribution is -2.52. The summed E-state index contributed by atoms with van der Waals surface area (Å²) >= 11 is 1.67. The SMILES string of the molecule is CCN(CCNC(=O)N1CCN(c2nc(C)cs2)CC1)c1ccccc1C. The molecule has 1 N–H and O–H groups in total. The van der Waals surface area contributed by atoms with Crippen molar-refractivity contribution >= 4 is 28.2 Å². The molecule has 7 heteroatoms. The molecule has 27 heavy (non-hydrogen) atoms. The van der Waals surface area contributed by atoms with Crippen LogP contribution in [0.4, 0.5) is 15.6 Å². The number of para-hydroxylation sites is 1. The highest BCUT2D eigenvalue weighted by Crippen LogP contribution is 2.21. The maximum absolute atomic E-state index is 12.5. The third-order valence-corrected chi connectivity index (χ3v) is 5.96. The first-order valence-electron chi connectivity index (χ1n) is 9.59. The van der Waals surface area contributed by atoms with Crippen LogP contribution in [0.15, 0.2) is 29.6 Å². The highest BCUT2D eigenvalue weighted by molar-refractivity contribution is 7.13. The molecule has 0 aliphatic carbocycles. The second kappa shape index (κ2) is 9.08. The number of carbonyl (C=O) groups excluding carboxylic acids is 1. The number of nitrogens with zero attached hydrogens (tertiary/aromatic N) is 4. The summed E-state index contributed by atoms with van der Waals surface area (Å²) < 4.78 is 0. The van der Waals surface area contributed by atoms with Crippen molar-refractivity contribution < 1.29 is 4.79 Å². The summed E-state index contributed by atoms with van der Waals surface area (Å²) in [5, 5.41) is 6.21. The van der Waals surface area contributed by atoms with E-state index in [2.05, 4.69) is 63.6 Å². The van der Waals surface area contributed by atoms with Gasteiger partial charge in [0.15, 0.2) is 5.13 Å². The van der Waals surface area contributed by atoms with Gasteiger partial charge in [0.25, 0.3) is 0 Å². The lowest BCUT2D eigenvalue weighted by Gasteiger charge is -2.34. The van der Waals surface area contributed by atoms with Crippen LogP contribution in [0.1, 0.15) is 18.2 Å².